The second kappa shape index (κ2) is 6.67. The van der Waals surface area contributed by atoms with Gasteiger partial charge in [-0.1, -0.05) is 13.0 Å². The summed E-state index contributed by atoms with van der Waals surface area (Å²) in [6.07, 6.45) is 2.11. The van der Waals surface area contributed by atoms with Gasteiger partial charge in [-0.05, 0) is 30.0 Å². The quantitative estimate of drug-likeness (QED) is 0.892. The van der Waals surface area contributed by atoms with Gasteiger partial charge in [-0.25, -0.2) is 12.7 Å². The number of nitrogens with one attached hydrogen (secondary N) is 1. The Morgan fingerprint density at radius 3 is 2.70 bits per heavy atom. The van der Waals surface area contributed by atoms with E-state index in [4.69, 9.17) is 9.47 Å². The molecule has 1 saturated heterocycles. The third-order valence-corrected chi connectivity index (χ3v) is 5.78. The maximum absolute atomic E-state index is 11.6. The monoisotopic (exact) mass is 340 g/mol. The van der Waals surface area contributed by atoms with Gasteiger partial charge in [0.2, 0.25) is 10.0 Å². The highest BCUT2D eigenvalue weighted by atomic mass is 32.2. The summed E-state index contributed by atoms with van der Waals surface area (Å²) in [6, 6.07) is 6.32. The zero-order valence-corrected chi connectivity index (χ0v) is 14.4. The molecule has 1 N–H and O–H groups in total. The lowest BCUT2D eigenvalue weighted by molar-refractivity contribution is 0.171. The molecule has 1 aromatic carbocycles. The molecule has 2 aliphatic rings. The highest BCUT2D eigenvalue weighted by Crippen LogP contribution is 2.30. The predicted molar refractivity (Wildman–Crippen MR) is 88.3 cm³/mol. The van der Waals surface area contributed by atoms with E-state index in [0.717, 1.165) is 30.0 Å². The molecule has 6 nitrogen and oxygen atoms in total. The summed E-state index contributed by atoms with van der Waals surface area (Å²) in [5.74, 6) is 1.89. The fourth-order valence-electron chi connectivity index (χ4n) is 3.16. The molecule has 2 atom stereocenters. The van der Waals surface area contributed by atoms with Crippen molar-refractivity contribution in [2.45, 2.75) is 25.9 Å². The van der Waals surface area contributed by atoms with Crippen LogP contribution in [0.15, 0.2) is 18.2 Å². The Labute approximate surface area is 137 Å². The first kappa shape index (κ1) is 16.5. The van der Waals surface area contributed by atoms with E-state index in [0.29, 0.717) is 32.3 Å². The first-order chi connectivity index (χ1) is 10.9. The number of nitrogens with zero attached hydrogens (tertiary/aromatic N) is 1. The van der Waals surface area contributed by atoms with Gasteiger partial charge in [-0.2, -0.15) is 0 Å². The van der Waals surface area contributed by atoms with Crippen LogP contribution in [0.1, 0.15) is 18.9 Å². The van der Waals surface area contributed by atoms with Gasteiger partial charge in [0.05, 0.1) is 6.26 Å². The molecule has 0 amide bonds. The zero-order valence-electron chi connectivity index (χ0n) is 13.6. The van der Waals surface area contributed by atoms with Crippen LogP contribution >= 0.6 is 0 Å². The lowest BCUT2D eigenvalue weighted by atomic mass is 9.95. The number of ether oxygens (including phenoxy) is 2. The average molecular weight is 340 g/mol. The number of hydrogen-bond donors (Lipinski definition) is 1. The molecule has 0 spiro atoms. The molecule has 0 aliphatic carbocycles. The lowest BCUT2D eigenvalue weighted by Gasteiger charge is -2.36. The molecule has 0 unspecified atom stereocenters. The summed E-state index contributed by atoms with van der Waals surface area (Å²) < 4.78 is 36.0. The Morgan fingerprint density at radius 1 is 1.26 bits per heavy atom. The summed E-state index contributed by atoms with van der Waals surface area (Å²) in [5, 5.41) is 3.55. The molecule has 0 bridgehead atoms. The third kappa shape index (κ3) is 3.97. The van der Waals surface area contributed by atoms with Crippen LogP contribution in [-0.2, 0) is 16.6 Å². The van der Waals surface area contributed by atoms with Gasteiger partial charge in [-0.3, -0.25) is 0 Å². The van der Waals surface area contributed by atoms with Gasteiger partial charge in [0.25, 0.3) is 0 Å². The number of sulfonamides is 1. The largest absolute Gasteiger partial charge is 0.486 e. The maximum Gasteiger partial charge on any atom is 0.211 e. The minimum absolute atomic E-state index is 0.288. The second-order valence-electron chi connectivity index (χ2n) is 6.35. The summed E-state index contributed by atoms with van der Waals surface area (Å²) >= 11 is 0. The summed E-state index contributed by atoms with van der Waals surface area (Å²) in [6.45, 7) is 5.19. The van der Waals surface area contributed by atoms with Crippen LogP contribution in [0, 0.1) is 5.92 Å². The highest BCUT2D eigenvalue weighted by molar-refractivity contribution is 7.88. The van der Waals surface area contributed by atoms with Crippen LogP contribution < -0.4 is 14.8 Å². The predicted octanol–water partition coefficient (Wildman–Crippen LogP) is 1.22. The van der Waals surface area contributed by atoms with Crippen molar-refractivity contribution in [2.24, 2.45) is 5.92 Å². The fraction of sp³-hybridized carbons (Fsp3) is 0.625. The number of piperidine rings is 1. The number of rotatable bonds is 4. The van der Waals surface area contributed by atoms with Crippen molar-refractivity contribution in [1.82, 2.24) is 9.62 Å². The molecule has 0 saturated carbocycles. The van der Waals surface area contributed by atoms with Crippen molar-refractivity contribution >= 4 is 10.0 Å². The van der Waals surface area contributed by atoms with Gasteiger partial charge >= 0.3 is 0 Å². The zero-order chi connectivity index (χ0) is 16.4. The molecule has 1 aromatic rings. The molecule has 3 rings (SSSR count). The summed E-state index contributed by atoms with van der Waals surface area (Å²) in [5.41, 5.74) is 1.15. The van der Waals surface area contributed by atoms with Crippen molar-refractivity contribution < 1.29 is 17.9 Å². The fourth-order valence-corrected chi connectivity index (χ4v) is 4.10. The molecular weight excluding hydrogens is 316 g/mol. The third-order valence-electron chi connectivity index (χ3n) is 4.51. The Morgan fingerprint density at radius 2 is 2.00 bits per heavy atom. The molecule has 0 aromatic heterocycles. The minimum Gasteiger partial charge on any atom is -0.486 e. The standard InChI is InChI=1S/C16H24N2O4S/c1-12-11-18(23(2,19)20)6-5-14(12)17-10-13-3-4-15-16(9-13)22-8-7-21-15/h3-4,9,12,14,17H,5-8,10-11H2,1-2H3/t12-,14+/m0/s1. The lowest BCUT2D eigenvalue weighted by Crippen LogP contribution is -2.49. The van der Waals surface area contributed by atoms with Crippen molar-refractivity contribution in [2.75, 3.05) is 32.6 Å². The first-order valence-electron chi connectivity index (χ1n) is 8.00. The molecule has 23 heavy (non-hydrogen) atoms. The summed E-state index contributed by atoms with van der Waals surface area (Å²) in [7, 11) is -3.08. The Hall–Kier alpha value is -1.31. The Balaban J connectivity index is 1.57. The van der Waals surface area contributed by atoms with E-state index < -0.39 is 10.0 Å². The number of fused-ring (bicyclic) bond motifs is 1. The molecular formula is C16H24N2O4S. The molecule has 2 heterocycles. The topological polar surface area (TPSA) is 67.9 Å². The Kier molecular flexibility index (Phi) is 4.79. The minimum atomic E-state index is -3.08. The van der Waals surface area contributed by atoms with Crippen LogP contribution in [0.2, 0.25) is 0 Å². The number of hydrogen-bond acceptors (Lipinski definition) is 5. The van der Waals surface area contributed by atoms with Gasteiger partial charge < -0.3 is 14.8 Å². The smallest absolute Gasteiger partial charge is 0.211 e. The molecule has 1 fully saturated rings. The molecule has 2 aliphatic heterocycles. The van der Waals surface area contributed by atoms with Crippen LogP contribution in [0.5, 0.6) is 11.5 Å². The van der Waals surface area contributed by atoms with Crippen molar-refractivity contribution in [3.8, 4) is 11.5 Å². The van der Waals surface area contributed by atoms with E-state index in [9.17, 15) is 8.42 Å². The average Bonchev–Trinajstić information content (AvgIpc) is 2.52. The van der Waals surface area contributed by atoms with E-state index in [-0.39, 0.29) is 5.92 Å². The Bertz CT molecular complexity index is 662. The van der Waals surface area contributed by atoms with E-state index in [2.05, 4.69) is 12.2 Å². The van der Waals surface area contributed by atoms with Crippen molar-refractivity contribution in [3.63, 3.8) is 0 Å². The van der Waals surface area contributed by atoms with E-state index in [1.54, 1.807) is 4.31 Å². The van der Waals surface area contributed by atoms with Crippen LogP contribution in [-0.4, -0.2) is 51.3 Å². The van der Waals surface area contributed by atoms with Crippen molar-refractivity contribution in [3.05, 3.63) is 23.8 Å². The summed E-state index contributed by atoms with van der Waals surface area (Å²) in [4.78, 5) is 0. The second-order valence-corrected chi connectivity index (χ2v) is 8.33. The first-order valence-corrected chi connectivity index (χ1v) is 9.85. The van der Waals surface area contributed by atoms with Gasteiger partial charge in [0.15, 0.2) is 11.5 Å². The van der Waals surface area contributed by atoms with Crippen LogP contribution in [0.25, 0.3) is 0 Å². The van der Waals surface area contributed by atoms with Crippen LogP contribution in [0.4, 0.5) is 0 Å². The van der Waals surface area contributed by atoms with E-state index >= 15 is 0 Å². The molecule has 7 heteroatoms. The highest BCUT2D eigenvalue weighted by Gasteiger charge is 2.30. The van der Waals surface area contributed by atoms with Gasteiger partial charge in [0, 0.05) is 25.7 Å². The molecule has 0 radical (unpaired) electrons. The maximum atomic E-state index is 11.6. The van der Waals surface area contributed by atoms with Gasteiger partial charge in [0.1, 0.15) is 13.2 Å². The molecule has 128 valence electrons. The van der Waals surface area contributed by atoms with Crippen molar-refractivity contribution in [1.29, 1.82) is 0 Å². The van der Waals surface area contributed by atoms with Gasteiger partial charge in [-0.15, -0.1) is 0 Å². The van der Waals surface area contributed by atoms with E-state index in [1.165, 1.54) is 6.26 Å². The van der Waals surface area contributed by atoms with Crippen LogP contribution in [0.3, 0.4) is 0 Å². The van der Waals surface area contributed by atoms with E-state index in [1.807, 2.05) is 18.2 Å². The SMILES string of the molecule is C[C@H]1CN(S(C)(=O)=O)CC[C@H]1NCc1ccc2c(c1)OCCO2. The number of benzene rings is 1. The normalized spacial score (nSPS) is 25.3.